The van der Waals surface area contributed by atoms with Crippen molar-refractivity contribution < 1.29 is 19.3 Å². The van der Waals surface area contributed by atoms with Crippen LogP contribution < -0.4 is 14.2 Å². The Morgan fingerprint density at radius 2 is 1.50 bits per heavy atom. The smallest absolute Gasteiger partial charge is 0.203 e. The lowest BCUT2D eigenvalue weighted by molar-refractivity contribution is 0.282. The summed E-state index contributed by atoms with van der Waals surface area (Å²) in [6.45, 7) is 2.36. The molecule has 0 atom stereocenters. The third-order valence-electron chi connectivity index (χ3n) is 4.14. The van der Waals surface area contributed by atoms with Gasteiger partial charge in [-0.05, 0) is 37.8 Å². The predicted molar refractivity (Wildman–Crippen MR) is 99.3 cm³/mol. The quantitative estimate of drug-likeness (QED) is 0.559. The van der Waals surface area contributed by atoms with Gasteiger partial charge in [0.05, 0.1) is 21.3 Å². The number of hydrogen-bond acceptors (Lipinski definition) is 4. The molecule has 1 aromatic carbocycles. The van der Waals surface area contributed by atoms with E-state index in [1.54, 1.807) is 21.3 Å². The summed E-state index contributed by atoms with van der Waals surface area (Å²) in [6.07, 6.45) is 12.3. The molecule has 1 N–H and O–H groups in total. The van der Waals surface area contributed by atoms with Crippen molar-refractivity contribution in [3.8, 4) is 17.2 Å². The maximum Gasteiger partial charge on any atom is 0.203 e. The van der Waals surface area contributed by atoms with Gasteiger partial charge in [-0.25, -0.2) is 0 Å². The number of allylic oxidation sites excluding steroid dienone is 1. The van der Waals surface area contributed by atoms with Gasteiger partial charge in [-0.1, -0.05) is 37.8 Å². The fraction of sp³-hybridized carbons (Fsp3) is 0.600. The zero-order chi connectivity index (χ0) is 17.8. The molecule has 0 fully saturated rings. The third-order valence-corrected chi connectivity index (χ3v) is 4.14. The predicted octanol–water partition coefficient (Wildman–Crippen LogP) is 4.76. The van der Waals surface area contributed by atoms with Crippen molar-refractivity contribution in [2.45, 2.75) is 51.9 Å². The van der Waals surface area contributed by atoms with Crippen LogP contribution in [0.2, 0.25) is 0 Å². The largest absolute Gasteiger partial charge is 0.493 e. The van der Waals surface area contributed by atoms with Gasteiger partial charge in [-0.15, -0.1) is 0 Å². The minimum Gasteiger partial charge on any atom is -0.493 e. The number of methoxy groups -OCH3 is 3. The lowest BCUT2D eigenvalue weighted by Gasteiger charge is -2.16. The molecule has 0 heterocycles. The highest BCUT2D eigenvalue weighted by Gasteiger charge is 2.16. The second kappa shape index (κ2) is 11.8. The molecule has 0 bridgehead atoms. The molecule has 0 radical (unpaired) electrons. The van der Waals surface area contributed by atoms with E-state index in [1.807, 2.05) is 13.0 Å². The molecule has 4 nitrogen and oxygen atoms in total. The highest BCUT2D eigenvalue weighted by atomic mass is 16.5. The number of unbranched alkanes of at least 4 members (excludes halogenated alkanes) is 6. The molecule has 4 heteroatoms. The van der Waals surface area contributed by atoms with Crippen LogP contribution in [-0.4, -0.2) is 33.0 Å². The fourth-order valence-electron chi connectivity index (χ4n) is 2.79. The zero-order valence-corrected chi connectivity index (χ0v) is 15.6. The molecule has 136 valence electrons. The Balaban J connectivity index is 2.60. The van der Waals surface area contributed by atoms with Crippen molar-refractivity contribution in [3.63, 3.8) is 0 Å². The third kappa shape index (κ3) is 6.08. The Bertz CT molecular complexity index is 509. The summed E-state index contributed by atoms with van der Waals surface area (Å²) in [5, 5.41) is 8.75. The van der Waals surface area contributed by atoms with Crippen LogP contribution in [0.5, 0.6) is 17.2 Å². The van der Waals surface area contributed by atoms with E-state index in [0.29, 0.717) is 18.1 Å². The van der Waals surface area contributed by atoms with E-state index in [1.165, 1.54) is 25.7 Å². The van der Waals surface area contributed by atoms with Crippen LogP contribution in [0.15, 0.2) is 12.1 Å². The van der Waals surface area contributed by atoms with Gasteiger partial charge in [-0.2, -0.15) is 0 Å². The normalized spacial score (nSPS) is 11.0. The average Bonchev–Trinajstić information content (AvgIpc) is 2.60. The molecule has 0 aromatic heterocycles. The number of rotatable bonds is 12. The van der Waals surface area contributed by atoms with Crippen molar-refractivity contribution in [1.82, 2.24) is 0 Å². The van der Waals surface area contributed by atoms with E-state index in [2.05, 4.69) is 12.2 Å². The van der Waals surface area contributed by atoms with Crippen LogP contribution in [0.3, 0.4) is 0 Å². The first-order valence-electron chi connectivity index (χ1n) is 8.76. The standard InChI is InChI=1S/C20H32O4/c1-16-15-18(22-2)20(24-4)19(23-3)17(16)13-11-9-7-5-6-8-10-12-14-21/h11,13,15,21H,5-10,12,14H2,1-4H3/b13-11+. The van der Waals surface area contributed by atoms with Gasteiger partial charge in [0.1, 0.15) is 0 Å². The molecular weight excluding hydrogens is 304 g/mol. The number of aliphatic hydroxyl groups is 1. The van der Waals surface area contributed by atoms with Gasteiger partial charge in [-0.3, -0.25) is 0 Å². The molecule has 0 unspecified atom stereocenters. The maximum atomic E-state index is 8.75. The molecule has 0 saturated heterocycles. The summed E-state index contributed by atoms with van der Waals surface area (Å²) in [6, 6.07) is 1.97. The van der Waals surface area contributed by atoms with E-state index in [4.69, 9.17) is 19.3 Å². The summed E-state index contributed by atoms with van der Waals surface area (Å²) in [5.74, 6) is 2.04. The number of aliphatic hydroxyl groups excluding tert-OH is 1. The van der Waals surface area contributed by atoms with Crippen molar-refractivity contribution in [3.05, 3.63) is 23.3 Å². The Labute approximate surface area is 146 Å². The van der Waals surface area contributed by atoms with E-state index in [0.717, 1.165) is 36.1 Å². The number of benzene rings is 1. The average molecular weight is 336 g/mol. The summed E-state index contributed by atoms with van der Waals surface area (Å²) in [5.41, 5.74) is 2.14. The molecule has 24 heavy (non-hydrogen) atoms. The molecule has 1 aromatic rings. The van der Waals surface area contributed by atoms with Crippen molar-refractivity contribution in [1.29, 1.82) is 0 Å². The van der Waals surface area contributed by atoms with Crippen molar-refractivity contribution in [2.24, 2.45) is 0 Å². The summed E-state index contributed by atoms with van der Waals surface area (Å²) < 4.78 is 16.4. The summed E-state index contributed by atoms with van der Waals surface area (Å²) >= 11 is 0. The van der Waals surface area contributed by atoms with Crippen LogP contribution >= 0.6 is 0 Å². The highest BCUT2D eigenvalue weighted by molar-refractivity contribution is 5.69. The lowest BCUT2D eigenvalue weighted by Crippen LogP contribution is -1.98. The van der Waals surface area contributed by atoms with Crippen molar-refractivity contribution in [2.75, 3.05) is 27.9 Å². The van der Waals surface area contributed by atoms with Crippen LogP contribution in [0.25, 0.3) is 6.08 Å². The first-order valence-corrected chi connectivity index (χ1v) is 8.76. The molecule has 0 aliphatic rings. The molecule has 0 aliphatic carbocycles. The first kappa shape index (κ1) is 20.4. The lowest BCUT2D eigenvalue weighted by atomic mass is 10.0. The Morgan fingerprint density at radius 1 is 0.875 bits per heavy atom. The topological polar surface area (TPSA) is 47.9 Å². The van der Waals surface area contributed by atoms with Gasteiger partial charge in [0, 0.05) is 12.2 Å². The van der Waals surface area contributed by atoms with E-state index in [9.17, 15) is 0 Å². The Kier molecular flexibility index (Phi) is 10.0. The first-order chi connectivity index (χ1) is 11.7. The van der Waals surface area contributed by atoms with Crippen LogP contribution in [-0.2, 0) is 0 Å². The van der Waals surface area contributed by atoms with Gasteiger partial charge in [0.15, 0.2) is 11.5 Å². The Morgan fingerprint density at radius 3 is 2.08 bits per heavy atom. The molecule has 1 rings (SSSR count). The number of hydrogen-bond donors (Lipinski definition) is 1. The zero-order valence-electron chi connectivity index (χ0n) is 15.6. The van der Waals surface area contributed by atoms with Gasteiger partial charge in [0.25, 0.3) is 0 Å². The number of ether oxygens (including phenoxy) is 3. The summed E-state index contributed by atoms with van der Waals surface area (Å²) in [4.78, 5) is 0. The summed E-state index contributed by atoms with van der Waals surface area (Å²) in [7, 11) is 4.91. The van der Waals surface area contributed by atoms with Crippen LogP contribution in [0.1, 0.15) is 56.1 Å². The molecule has 0 saturated carbocycles. The van der Waals surface area contributed by atoms with E-state index >= 15 is 0 Å². The second-order valence-corrected chi connectivity index (χ2v) is 5.91. The minimum absolute atomic E-state index is 0.315. The number of aryl methyl sites for hydroxylation is 1. The van der Waals surface area contributed by atoms with Gasteiger partial charge < -0.3 is 19.3 Å². The SMILES string of the molecule is COc1cc(C)c(/C=C/CCCCCCCCO)c(OC)c1OC. The van der Waals surface area contributed by atoms with Gasteiger partial charge in [0.2, 0.25) is 5.75 Å². The molecule has 0 amide bonds. The van der Waals surface area contributed by atoms with Gasteiger partial charge >= 0.3 is 0 Å². The van der Waals surface area contributed by atoms with E-state index in [-0.39, 0.29) is 0 Å². The highest BCUT2D eigenvalue weighted by Crippen LogP contribution is 2.42. The Hall–Kier alpha value is -1.68. The maximum absolute atomic E-state index is 8.75. The van der Waals surface area contributed by atoms with Crippen LogP contribution in [0.4, 0.5) is 0 Å². The second-order valence-electron chi connectivity index (χ2n) is 5.91. The minimum atomic E-state index is 0.315. The van der Waals surface area contributed by atoms with Crippen LogP contribution in [0, 0.1) is 6.92 Å². The monoisotopic (exact) mass is 336 g/mol. The molecule has 0 spiro atoms. The van der Waals surface area contributed by atoms with E-state index < -0.39 is 0 Å². The fourth-order valence-corrected chi connectivity index (χ4v) is 2.79. The molecular formula is C20H32O4. The van der Waals surface area contributed by atoms with Crippen molar-refractivity contribution >= 4 is 6.08 Å². The molecule has 0 aliphatic heterocycles.